The second kappa shape index (κ2) is 7.60. The van der Waals surface area contributed by atoms with Crippen LogP contribution in [0.2, 0.25) is 0 Å². The number of carbonyl (C=O) groups is 2. The zero-order chi connectivity index (χ0) is 15.8. The van der Waals surface area contributed by atoms with Crippen molar-refractivity contribution in [2.45, 2.75) is 6.42 Å². The highest BCUT2D eigenvalue weighted by molar-refractivity contribution is 5.95. The molecule has 2 aromatic carbocycles. The zero-order valence-electron chi connectivity index (χ0n) is 11.9. The molecule has 5 heteroatoms. The molecule has 0 saturated heterocycles. The molecule has 5 nitrogen and oxygen atoms in total. The van der Waals surface area contributed by atoms with Crippen molar-refractivity contribution in [1.29, 1.82) is 5.26 Å². The largest absolute Gasteiger partial charge is 0.352 e. The number of rotatable bonds is 5. The molecule has 0 fully saturated rings. The Bertz CT molecular complexity index is 705. The van der Waals surface area contributed by atoms with Crippen LogP contribution in [0, 0.1) is 11.3 Å². The van der Waals surface area contributed by atoms with Gasteiger partial charge in [-0.2, -0.15) is 5.26 Å². The molecule has 0 spiro atoms. The van der Waals surface area contributed by atoms with E-state index in [2.05, 4.69) is 10.6 Å². The van der Waals surface area contributed by atoms with Crippen LogP contribution in [-0.2, 0) is 4.79 Å². The molecule has 0 atom stereocenters. The maximum atomic E-state index is 11.8. The molecular weight excluding hydrogens is 278 g/mol. The Morgan fingerprint density at radius 3 is 2.55 bits per heavy atom. The van der Waals surface area contributed by atoms with E-state index >= 15 is 0 Å². The molecule has 0 unspecified atom stereocenters. The first-order valence-corrected chi connectivity index (χ1v) is 6.82. The molecule has 0 bridgehead atoms. The lowest BCUT2D eigenvalue weighted by molar-refractivity contribution is -0.116. The van der Waals surface area contributed by atoms with Gasteiger partial charge in [-0.15, -0.1) is 0 Å². The van der Waals surface area contributed by atoms with Gasteiger partial charge in [-0.3, -0.25) is 9.59 Å². The molecule has 22 heavy (non-hydrogen) atoms. The van der Waals surface area contributed by atoms with E-state index in [1.807, 2.05) is 12.1 Å². The minimum atomic E-state index is -0.219. The summed E-state index contributed by atoms with van der Waals surface area (Å²) in [5, 5.41) is 14.2. The summed E-state index contributed by atoms with van der Waals surface area (Å²) in [7, 11) is 0. The van der Waals surface area contributed by atoms with Crippen LogP contribution < -0.4 is 10.6 Å². The first-order valence-electron chi connectivity index (χ1n) is 6.82. The number of carbonyl (C=O) groups excluding carboxylic acids is 2. The van der Waals surface area contributed by atoms with Crippen molar-refractivity contribution in [3.05, 3.63) is 65.7 Å². The smallest absolute Gasteiger partial charge is 0.251 e. The zero-order valence-corrected chi connectivity index (χ0v) is 11.9. The molecule has 2 rings (SSSR count). The summed E-state index contributed by atoms with van der Waals surface area (Å²) in [6.07, 6.45) is 0.162. The molecule has 0 aromatic heterocycles. The number of nitrogens with one attached hydrogen (secondary N) is 2. The van der Waals surface area contributed by atoms with Crippen molar-refractivity contribution in [3.63, 3.8) is 0 Å². The Labute approximate surface area is 128 Å². The summed E-state index contributed by atoms with van der Waals surface area (Å²) in [5.74, 6) is -0.427. The van der Waals surface area contributed by atoms with Crippen LogP contribution in [-0.4, -0.2) is 18.4 Å². The first-order chi connectivity index (χ1) is 10.7. The summed E-state index contributed by atoms with van der Waals surface area (Å²) in [4.78, 5) is 23.6. The standard InChI is InChI=1S/C17H15N3O2/c18-12-13-5-4-8-15(11-13)20-16(21)9-10-19-17(22)14-6-2-1-3-7-14/h1-8,11H,9-10H2,(H,19,22)(H,20,21). The molecule has 0 saturated carbocycles. The van der Waals surface area contributed by atoms with Crippen molar-refractivity contribution in [2.24, 2.45) is 0 Å². The van der Waals surface area contributed by atoms with E-state index in [9.17, 15) is 9.59 Å². The van der Waals surface area contributed by atoms with Gasteiger partial charge in [0.25, 0.3) is 5.91 Å². The average Bonchev–Trinajstić information content (AvgIpc) is 2.55. The third-order valence-corrected chi connectivity index (χ3v) is 2.95. The van der Waals surface area contributed by atoms with Gasteiger partial charge in [0.1, 0.15) is 0 Å². The maximum absolute atomic E-state index is 11.8. The van der Waals surface area contributed by atoms with E-state index in [-0.39, 0.29) is 24.8 Å². The topological polar surface area (TPSA) is 82.0 Å². The van der Waals surface area contributed by atoms with E-state index in [0.717, 1.165) is 0 Å². The minimum Gasteiger partial charge on any atom is -0.352 e. The molecule has 0 heterocycles. The molecule has 0 aliphatic rings. The number of hydrogen-bond acceptors (Lipinski definition) is 3. The van der Waals surface area contributed by atoms with Crippen LogP contribution in [0.15, 0.2) is 54.6 Å². The van der Waals surface area contributed by atoms with Gasteiger partial charge in [0.2, 0.25) is 5.91 Å². The van der Waals surface area contributed by atoms with E-state index in [1.54, 1.807) is 48.5 Å². The Morgan fingerprint density at radius 1 is 1.05 bits per heavy atom. The highest BCUT2D eigenvalue weighted by atomic mass is 16.2. The molecule has 0 radical (unpaired) electrons. The molecule has 0 aliphatic carbocycles. The first kappa shape index (κ1) is 15.3. The number of anilines is 1. The van der Waals surface area contributed by atoms with Gasteiger partial charge < -0.3 is 10.6 Å². The van der Waals surface area contributed by atoms with Crippen LogP contribution >= 0.6 is 0 Å². The van der Waals surface area contributed by atoms with E-state index in [4.69, 9.17) is 5.26 Å². The summed E-state index contributed by atoms with van der Waals surface area (Å²) in [6.45, 7) is 0.248. The average molecular weight is 293 g/mol. The quantitative estimate of drug-likeness (QED) is 0.887. The third-order valence-electron chi connectivity index (χ3n) is 2.95. The van der Waals surface area contributed by atoms with Crippen LogP contribution in [0.5, 0.6) is 0 Å². The Morgan fingerprint density at radius 2 is 1.82 bits per heavy atom. The SMILES string of the molecule is N#Cc1cccc(NC(=O)CCNC(=O)c2ccccc2)c1. The molecule has 2 N–H and O–H groups in total. The number of benzene rings is 2. The second-order valence-corrected chi connectivity index (χ2v) is 4.61. The monoisotopic (exact) mass is 293 g/mol. The summed E-state index contributed by atoms with van der Waals surface area (Å²) >= 11 is 0. The van der Waals surface area contributed by atoms with E-state index in [1.165, 1.54) is 0 Å². The van der Waals surface area contributed by atoms with Crippen molar-refractivity contribution in [1.82, 2.24) is 5.32 Å². The van der Waals surface area contributed by atoms with E-state index < -0.39 is 0 Å². The van der Waals surface area contributed by atoms with Crippen LogP contribution in [0.25, 0.3) is 0 Å². The third kappa shape index (κ3) is 4.46. The predicted octanol–water partition coefficient (Wildman–Crippen LogP) is 2.32. The molecule has 2 amide bonds. The highest BCUT2D eigenvalue weighted by Crippen LogP contribution is 2.09. The van der Waals surface area contributed by atoms with Gasteiger partial charge in [0.05, 0.1) is 11.6 Å². The minimum absolute atomic E-state index is 0.162. The van der Waals surface area contributed by atoms with Gasteiger partial charge >= 0.3 is 0 Å². The van der Waals surface area contributed by atoms with Gasteiger partial charge in [-0.25, -0.2) is 0 Å². The van der Waals surface area contributed by atoms with Crippen molar-refractivity contribution < 1.29 is 9.59 Å². The van der Waals surface area contributed by atoms with Gasteiger partial charge in [0, 0.05) is 24.2 Å². The number of hydrogen-bond donors (Lipinski definition) is 2. The van der Waals surface area contributed by atoms with Crippen LogP contribution in [0.3, 0.4) is 0 Å². The second-order valence-electron chi connectivity index (χ2n) is 4.61. The van der Waals surface area contributed by atoms with Crippen molar-refractivity contribution >= 4 is 17.5 Å². The highest BCUT2D eigenvalue weighted by Gasteiger charge is 2.06. The Balaban J connectivity index is 1.78. The molecule has 2 aromatic rings. The summed E-state index contributed by atoms with van der Waals surface area (Å²) < 4.78 is 0. The van der Waals surface area contributed by atoms with E-state index in [0.29, 0.717) is 16.8 Å². The van der Waals surface area contributed by atoms with Crippen molar-refractivity contribution in [2.75, 3.05) is 11.9 Å². The van der Waals surface area contributed by atoms with Crippen LogP contribution in [0.4, 0.5) is 5.69 Å². The van der Waals surface area contributed by atoms with Gasteiger partial charge in [0.15, 0.2) is 0 Å². The molecular formula is C17H15N3O2. The fourth-order valence-electron chi connectivity index (χ4n) is 1.87. The predicted molar refractivity (Wildman–Crippen MR) is 83.2 cm³/mol. The summed E-state index contributed by atoms with van der Waals surface area (Å²) in [6, 6.07) is 17.5. The lowest BCUT2D eigenvalue weighted by Gasteiger charge is -2.07. The lowest BCUT2D eigenvalue weighted by Crippen LogP contribution is -2.27. The number of nitriles is 1. The fourth-order valence-corrected chi connectivity index (χ4v) is 1.87. The Hall–Kier alpha value is -3.13. The van der Waals surface area contributed by atoms with Gasteiger partial charge in [-0.05, 0) is 30.3 Å². The van der Waals surface area contributed by atoms with Crippen LogP contribution in [0.1, 0.15) is 22.3 Å². The molecule has 110 valence electrons. The number of nitrogens with zero attached hydrogens (tertiary/aromatic N) is 1. The number of amides is 2. The maximum Gasteiger partial charge on any atom is 0.251 e. The Kier molecular flexibility index (Phi) is 5.27. The lowest BCUT2D eigenvalue weighted by atomic mass is 10.2. The van der Waals surface area contributed by atoms with Crippen molar-refractivity contribution in [3.8, 4) is 6.07 Å². The normalized spacial score (nSPS) is 9.59. The summed E-state index contributed by atoms with van der Waals surface area (Å²) in [5.41, 5.74) is 1.61. The molecule has 0 aliphatic heterocycles. The van der Waals surface area contributed by atoms with Gasteiger partial charge in [-0.1, -0.05) is 24.3 Å². The fraction of sp³-hybridized carbons (Fsp3) is 0.118.